The van der Waals surface area contributed by atoms with Crippen molar-refractivity contribution in [1.82, 2.24) is 9.29 Å². The molecular weight excluding hydrogens is 470 g/mol. The number of nitrogens with zero attached hydrogens (tertiary/aromatic N) is 2. The summed E-state index contributed by atoms with van der Waals surface area (Å²) in [5, 5.41) is 3.79. The molecule has 5 rings (SSSR count). The fourth-order valence-electron chi connectivity index (χ4n) is 4.09. The van der Waals surface area contributed by atoms with Crippen LogP contribution < -0.4 is 10.1 Å². The van der Waals surface area contributed by atoms with Gasteiger partial charge in [0.1, 0.15) is 16.8 Å². The van der Waals surface area contributed by atoms with Crippen LogP contribution in [-0.2, 0) is 14.8 Å². The molecule has 0 radical (unpaired) electrons. The van der Waals surface area contributed by atoms with Crippen LogP contribution in [0.25, 0.3) is 20.8 Å². The minimum absolute atomic E-state index is 0.146. The van der Waals surface area contributed by atoms with E-state index < -0.39 is 16.1 Å². The fraction of sp³-hybridized carbons (Fsp3) is 0.200. The summed E-state index contributed by atoms with van der Waals surface area (Å²) in [6.07, 6.45) is 1.11. The second-order valence-corrected chi connectivity index (χ2v) is 10.9. The minimum atomic E-state index is -3.80. The second-order valence-electron chi connectivity index (χ2n) is 8.00. The summed E-state index contributed by atoms with van der Waals surface area (Å²) in [5.74, 6) is 0.242. The Balaban J connectivity index is 1.31. The van der Waals surface area contributed by atoms with Gasteiger partial charge in [0.05, 0.1) is 22.2 Å². The van der Waals surface area contributed by atoms with E-state index in [1.807, 2.05) is 48.5 Å². The first-order valence-electron chi connectivity index (χ1n) is 10.9. The fourth-order valence-corrected chi connectivity index (χ4v) is 6.72. The maximum atomic E-state index is 13.2. The number of para-hydroxylation sites is 1. The number of amides is 1. The Labute approximate surface area is 202 Å². The number of carbonyl (C=O) groups is 1. The highest BCUT2D eigenvalue weighted by atomic mass is 32.2. The number of thiazole rings is 1. The number of aromatic nitrogens is 1. The van der Waals surface area contributed by atoms with Crippen LogP contribution in [0.15, 0.2) is 77.7 Å². The van der Waals surface area contributed by atoms with Gasteiger partial charge in [0, 0.05) is 17.8 Å². The Kier molecular flexibility index (Phi) is 6.07. The molecule has 1 saturated heterocycles. The van der Waals surface area contributed by atoms with Gasteiger partial charge in [0.25, 0.3) is 0 Å². The molecule has 2 heterocycles. The third-order valence-electron chi connectivity index (χ3n) is 5.87. The number of fused-ring (bicyclic) bond motifs is 1. The smallest absolute Gasteiger partial charge is 0.243 e. The van der Waals surface area contributed by atoms with Gasteiger partial charge in [-0.25, -0.2) is 13.4 Å². The highest BCUT2D eigenvalue weighted by Crippen LogP contribution is 2.31. The zero-order valence-electron chi connectivity index (χ0n) is 18.5. The van der Waals surface area contributed by atoms with E-state index in [9.17, 15) is 13.2 Å². The van der Waals surface area contributed by atoms with E-state index in [1.165, 1.54) is 23.5 Å². The number of nitrogens with one attached hydrogen (secondary N) is 1. The normalized spacial score (nSPS) is 16.6. The Hall–Kier alpha value is -3.27. The quantitative estimate of drug-likeness (QED) is 0.418. The highest BCUT2D eigenvalue weighted by molar-refractivity contribution is 7.89. The summed E-state index contributed by atoms with van der Waals surface area (Å²) in [6, 6.07) is 20.9. The van der Waals surface area contributed by atoms with E-state index in [-0.39, 0.29) is 10.8 Å². The number of hydrogen-bond donors (Lipinski definition) is 1. The van der Waals surface area contributed by atoms with Crippen molar-refractivity contribution in [3.63, 3.8) is 0 Å². The van der Waals surface area contributed by atoms with Gasteiger partial charge in [-0.2, -0.15) is 4.31 Å². The summed E-state index contributed by atoms with van der Waals surface area (Å²) < 4.78 is 33.9. The maximum absolute atomic E-state index is 13.2. The number of hydrogen-bond acceptors (Lipinski definition) is 6. The standard InChI is InChI=1S/C25H23N3O4S2/c1-32-19-12-14-20(15-13-19)34(30,31)28-16-4-6-22(28)24(29)26-18-10-8-17(9-11-18)25-27-21-5-2-3-7-23(21)33-25/h2-3,5,7-15,22H,4,6,16H2,1H3,(H,26,29)/t22-/m0/s1. The van der Waals surface area contributed by atoms with Crippen molar-refractivity contribution in [3.8, 4) is 16.3 Å². The molecule has 0 unspecified atom stereocenters. The number of rotatable bonds is 6. The van der Waals surface area contributed by atoms with Crippen LogP contribution in [0.2, 0.25) is 0 Å². The van der Waals surface area contributed by atoms with Crippen LogP contribution in [0.1, 0.15) is 12.8 Å². The molecule has 0 spiro atoms. The minimum Gasteiger partial charge on any atom is -0.497 e. The zero-order chi connectivity index (χ0) is 23.7. The molecule has 1 atom stereocenters. The maximum Gasteiger partial charge on any atom is 0.243 e. The van der Waals surface area contributed by atoms with Crippen molar-refractivity contribution < 1.29 is 17.9 Å². The van der Waals surface area contributed by atoms with Crippen LogP contribution in [-0.4, -0.2) is 43.3 Å². The summed E-state index contributed by atoms with van der Waals surface area (Å²) in [5.41, 5.74) is 2.53. The predicted octanol–water partition coefficient (Wildman–Crippen LogP) is 4.76. The lowest BCUT2D eigenvalue weighted by atomic mass is 10.2. The number of ether oxygens (including phenoxy) is 1. The van der Waals surface area contributed by atoms with Crippen molar-refractivity contribution in [2.75, 3.05) is 19.0 Å². The van der Waals surface area contributed by atoms with Crippen LogP contribution in [0, 0.1) is 0 Å². The summed E-state index contributed by atoms with van der Waals surface area (Å²) >= 11 is 1.61. The molecule has 7 nitrogen and oxygen atoms in total. The number of anilines is 1. The number of carbonyl (C=O) groups excluding carboxylic acids is 1. The van der Waals surface area contributed by atoms with E-state index in [0.29, 0.717) is 30.8 Å². The van der Waals surface area contributed by atoms with Crippen LogP contribution in [0.5, 0.6) is 5.75 Å². The average Bonchev–Trinajstić information content (AvgIpc) is 3.52. The molecular formula is C25H23N3O4S2. The molecule has 174 valence electrons. The molecule has 3 aromatic carbocycles. The third-order valence-corrected chi connectivity index (χ3v) is 8.87. The summed E-state index contributed by atoms with van der Waals surface area (Å²) in [4.78, 5) is 17.8. The van der Waals surface area contributed by atoms with Gasteiger partial charge in [-0.05, 0) is 73.5 Å². The molecule has 9 heteroatoms. The molecule has 0 saturated carbocycles. The molecule has 0 aliphatic carbocycles. The van der Waals surface area contributed by atoms with E-state index in [0.717, 1.165) is 20.8 Å². The van der Waals surface area contributed by atoms with Crippen LogP contribution in [0.4, 0.5) is 5.69 Å². The first-order chi connectivity index (χ1) is 16.5. The second kappa shape index (κ2) is 9.17. The van der Waals surface area contributed by atoms with E-state index in [1.54, 1.807) is 23.5 Å². The number of benzene rings is 3. The van der Waals surface area contributed by atoms with Gasteiger partial charge in [-0.15, -0.1) is 11.3 Å². The Bertz CT molecular complexity index is 1400. The van der Waals surface area contributed by atoms with Crippen molar-refractivity contribution >= 4 is 43.2 Å². The third kappa shape index (κ3) is 4.29. The lowest BCUT2D eigenvalue weighted by Crippen LogP contribution is -2.43. The van der Waals surface area contributed by atoms with E-state index in [4.69, 9.17) is 4.74 Å². The first-order valence-corrected chi connectivity index (χ1v) is 13.1. The Morgan fingerprint density at radius 1 is 1.06 bits per heavy atom. The molecule has 1 aliphatic rings. The van der Waals surface area contributed by atoms with Crippen molar-refractivity contribution in [3.05, 3.63) is 72.8 Å². The van der Waals surface area contributed by atoms with Crippen LogP contribution >= 0.6 is 11.3 Å². The summed E-state index contributed by atoms with van der Waals surface area (Å²) in [7, 11) is -2.27. The zero-order valence-corrected chi connectivity index (χ0v) is 20.1. The van der Waals surface area contributed by atoms with E-state index in [2.05, 4.69) is 10.3 Å². The molecule has 1 N–H and O–H groups in total. The van der Waals surface area contributed by atoms with Gasteiger partial charge >= 0.3 is 0 Å². The molecule has 1 aromatic heterocycles. The largest absolute Gasteiger partial charge is 0.497 e. The van der Waals surface area contributed by atoms with Gasteiger partial charge in [0.15, 0.2) is 0 Å². The Morgan fingerprint density at radius 3 is 2.50 bits per heavy atom. The van der Waals surface area contributed by atoms with Gasteiger partial charge in [-0.1, -0.05) is 12.1 Å². The molecule has 1 aliphatic heterocycles. The molecule has 1 amide bonds. The predicted molar refractivity (Wildman–Crippen MR) is 134 cm³/mol. The molecule has 4 aromatic rings. The van der Waals surface area contributed by atoms with Gasteiger partial charge in [0.2, 0.25) is 15.9 Å². The van der Waals surface area contributed by atoms with Crippen molar-refractivity contribution in [2.45, 2.75) is 23.8 Å². The molecule has 34 heavy (non-hydrogen) atoms. The number of sulfonamides is 1. The average molecular weight is 494 g/mol. The lowest BCUT2D eigenvalue weighted by molar-refractivity contribution is -0.119. The molecule has 1 fully saturated rings. The SMILES string of the molecule is COc1ccc(S(=O)(=O)N2CCC[C@H]2C(=O)Nc2ccc(-c3nc4ccccc4s3)cc2)cc1. The monoisotopic (exact) mass is 493 g/mol. The highest BCUT2D eigenvalue weighted by Gasteiger charge is 2.39. The van der Waals surface area contributed by atoms with Crippen molar-refractivity contribution in [1.29, 1.82) is 0 Å². The van der Waals surface area contributed by atoms with Gasteiger partial charge in [-0.3, -0.25) is 4.79 Å². The molecule has 0 bridgehead atoms. The van der Waals surface area contributed by atoms with E-state index >= 15 is 0 Å². The lowest BCUT2D eigenvalue weighted by Gasteiger charge is -2.23. The Morgan fingerprint density at radius 2 is 1.79 bits per heavy atom. The van der Waals surface area contributed by atoms with Crippen LogP contribution in [0.3, 0.4) is 0 Å². The number of methoxy groups -OCH3 is 1. The van der Waals surface area contributed by atoms with Crippen molar-refractivity contribution in [2.24, 2.45) is 0 Å². The topological polar surface area (TPSA) is 88.6 Å². The first kappa shape index (κ1) is 22.5. The summed E-state index contributed by atoms with van der Waals surface area (Å²) in [6.45, 7) is 0.309. The van der Waals surface area contributed by atoms with Gasteiger partial charge < -0.3 is 10.1 Å².